The Morgan fingerprint density at radius 2 is 1.02 bits per heavy atom. The van der Waals surface area contributed by atoms with Crippen LogP contribution in [0.15, 0.2) is 12.2 Å². The standard InChI is InChI=1S/C48H91NO13/c1-3-5-7-9-10-11-12-13-14-15-16-17-18-19-20-21-22-23-24-25-26-28-30-32-40(53)49-36(37(52)31-29-27-8-6-4-2)35-59-47-45(58)43(56)46(39(34-51)61-47)62-48-44(57)42(55)41(54)38(33-50)60-48/h15-16,36-39,41-48,50-52,54-58H,3-14,17-35H2,1-2H3,(H,49,53)/b16-15-. The molecular formula is C48H91NO13. The summed E-state index contributed by atoms with van der Waals surface area (Å²) < 4.78 is 22.6. The summed E-state index contributed by atoms with van der Waals surface area (Å²) >= 11 is 0. The van der Waals surface area contributed by atoms with E-state index in [0.717, 1.165) is 57.8 Å². The lowest BCUT2D eigenvalue weighted by Crippen LogP contribution is -2.65. The average molecular weight is 890 g/mol. The van der Waals surface area contributed by atoms with E-state index in [9.17, 15) is 45.6 Å². The van der Waals surface area contributed by atoms with Gasteiger partial charge in [0.05, 0.1) is 32.0 Å². The van der Waals surface area contributed by atoms with Gasteiger partial charge in [0.15, 0.2) is 12.6 Å². The zero-order valence-electron chi connectivity index (χ0n) is 38.6. The molecule has 14 heteroatoms. The van der Waals surface area contributed by atoms with Crippen LogP contribution in [0.1, 0.15) is 194 Å². The second-order valence-corrected chi connectivity index (χ2v) is 17.9. The molecule has 0 saturated carbocycles. The van der Waals surface area contributed by atoms with Crippen molar-refractivity contribution in [2.24, 2.45) is 0 Å². The Bertz CT molecular complexity index is 1100. The Morgan fingerprint density at radius 1 is 0.565 bits per heavy atom. The van der Waals surface area contributed by atoms with Crippen LogP contribution in [-0.2, 0) is 23.7 Å². The van der Waals surface area contributed by atoms with Gasteiger partial charge in [-0.15, -0.1) is 0 Å². The fourth-order valence-electron chi connectivity index (χ4n) is 8.35. The highest BCUT2D eigenvalue weighted by atomic mass is 16.7. The Morgan fingerprint density at radius 3 is 1.53 bits per heavy atom. The first-order valence-electron chi connectivity index (χ1n) is 24.9. The van der Waals surface area contributed by atoms with Crippen LogP contribution in [-0.4, -0.2) is 140 Å². The molecule has 0 aromatic heterocycles. The minimum absolute atomic E-state index is 0.214. The third kappa shape index (κ3) is 23.3. The summed E-state index contributed by atoms with van der Waals surface area (Å²) in [6.45, 7) is 2.75. The van der Waals surface area contributed by atoms with Crippen molar-refractivity contribution in [3.05, 3.63) is 12.2 Å². The van der Waals surface area contributed by atoms with Gasteiger partial charge in [0.1, 0.15) is 48.8 Å². The van der Waals surface area contributed by atoms with Gasteiger partial charge in [0, 0.05) is 6.42 Å². The molecule has 12 unspecified atom stereocenters. The first-order chi connectivity index (χ1) is 30.1. The lowest BCUT2D eigenvalue weighted by molar-refractivity contribution is -0.359. The number of nitrogens with one attached hydrogen (secondary N) is 1. The van der Waals surface area contributed by atoms with Crippen LogP contribution in [0, 0.1) is 0 Å². The summed E-state index contributed by atoms with van der Waals surface area (Å²) in [7, 11) is 0. The van der Waals surface area contributed by atoms with Crippen LogP contribution < -0.4 is 5.32 Å². The van der Waals surface area contributed by atoms with E-state index >= 15 is 0 Å². The molecule has 0 aliphatic carbocycles. The van der Waals surface area contributed by atoms with Crippen molar-refractivity contribution in [3.8, 4) is 0 Å². The second kappa shape index (κ2) is 35.9. The number of aliphatic hydroxyl groups excluding tert-OH is 8. The van der Waals surface area contributed by atoms with Crippen LogP contribution in [0.5, 0.6) is 0 Å². The number of amides is 1. The number of carbonyl (C=O) groups excluding carboxylic acids is 1. The normalized spacial score (nSPS) is 27.8. The summed E-state index contributed by atoms with van der Waals surface area (Å²) in [5.74, 6) is -0.214. The van der Waals surface area contributed by atoms with Gasteiger partial charge in [-0.05, 0) is 38.5 Å². The zero-order chi connectivity index (χ0) is 45.4. The Hall–Kier alpha value is -1.27. The summed E-state index contributed by atoms with van der Waals surface area (Å²) in [6.07, 6.45) is 20.0. The van der Waals surface area contributed by atoms with Crippen molar-refractivity contribution in [2.45, 2.75) is 267 Å². The molecule has 0 aromatic carbocycles. The van der Waals surface area contributed by atoms with E-state index < -0.39 is 86.8 Å². The molecule has 62 heavy (non-hydrogen) atoms. The molecule has 366 valence electrons. The molecule has 14 nitrogen and oxygen atoms in total. The third-order valence-electron chi connectivity index (χ3n) is 12.5. The van der Waals surface area contributed by atoms with Gasteiger partial charge >= 0.3 is 0 Å². The molecular weight excluding hydrogens is 799 g/mol. The van der Waals surface area contributed by atoms with Crippen molar-refractivity contribution in [1.29, 1.82) is 0 Å². The topological polar surface area (TPSA) is 228 Å². The van der Waals surface area contributed by atoms with Crippen LogP contribution in [0.4, 0.5) is 0 Å². The summed E-state index contributed by atoms with van der Waals surface area (Å²) in [5, 5.41) is 86.3. The fraction of sp³-hybridized carbons (Fsp3) is 0.938. The number of ether oxygens (including phenoxy) is 4. The zero-order valence-corrected chi connectivity index (χ0v) is 38.6. The SMILES string of the molecule is CCCCCCCCCC/C=C\CCCCCCCCCCCCCC(=O)NC(COC1OC(CO)C(OC2OC(CO)C(O)C(O)C2O)C(O)C1O)C(O)CCCCCCC. The molecule has 0 radical (unpaired) electrons. The summed E-state index contributed by atoms with van der Waals surface area (Å²) in [5.41, 5.74) is 0. The predicted octanol–water partition coefficient (Wildman–Crippen LogP) is 5.99. The molecule has 2 fully saturated rings. The Kier molecular flexibility index (Phi) is 32.9. The molecule has 0 spiro atoms. The average Bonchev–Trinajstić information content (AvgIpc) is 3.27. The van der Waals surface area contributed by atoms with Crippen molar-refractivity contribution in [3.63, 3.8) is 0 Å². The van der Waals surface area contributed by atoms with Gasteiger partial charge in [0.25, 0.3) is 0 Å². The molecule has 1 amide bonds. The number of hydrogen-bond acceptors (Lipinski definition) is 13. The maximum absolute atomic E-state index is 13.1. The van der Waals surface area contributed by atoms with E-state index in [1.54, 1.807) is 0 Å². The lowest BCUT2D eigenvalue weighted by Gasteiger charge is -2.46. The number of carbonyl (C=O) groups is 1. The van der Waals surface area contributed by atoms with Crippen molar-refractivity contribution in [2.75, 3.05) is 19.8 Å². The van der Waals surface area contributed by atoms with Gasteiger partial charge in [-0.2, -0.15) is 0 Å². The fourth-order valence-corrected chi connectivity index (χ4v) is 8.35. The van der Waals surface area contributed by atoms with E-state index in [4.69, 9.17) is 18.9 Å². The highest BCUT2D eigenvalue weighted by Gasteiger charge is 2.51. The Balaban J connectivity index is 1.68. The van der Waals surface area contributed by atoms with Crippen molar-refractivity contribution < 1.29 is 64.6 Å². The Labute approximate surface area is 374 Å². The number of unbranched alkanes of at least 4 members (excludes halogenated alkanes) is 23. The largest absolute Gasteiger partial charge is 0.394 e. The quantitative estimate of drug-likeness (QED) is 0.0257. The smallest absolute Gasteiger partial charge is 0.220 e. The minimum atomic E-state index is -1.78. The van der Waals surface area contributed by atoms with Crippen LogP contribution in [0.2, 0.25) is 0 Å². The molecule has 0 bridgehead atoms. The summed E-state index contributed by atoms with van der Waals surface area (Å²) in [4.78, 5) is 13.1. The highest BCUT2D eigenvalue weighted by Crippen LogP contribution is 2.30. The van der Waals surface area contributed by atoms with Gasteiger partial charge in [0.2, 0.25) is 5.91 Å². The molecule has 0 aromatic rings. The van der Waals surface area contributed by atoms with Gasteiger partial charge in [-0.3, -0.25) is 4.79 Å². The minimum Gasteiger partial charge on any atom is -0.394 e. The van der Waals surface area contributed by atoms with Crippen LogP contribution in [0.3, 0.4) is 0 Å². The van der Waals surface area contributed by atoms with E-state index in [1.165, 1.54) is 109 Å². The van der Waals surface area contributed by atoms with Gasteiger partial charge in [-0.1, -0.05) is 161 Å². The van der Waals surface area contributed by atoms with Crippen LogP contribution >= 0.6 is 0 Å². The molecule has 2 aliphatic rings. The lowest BCUT2D eigenvalue weighted by atomic mass is 9.97. The first kappa shape index (κ1) is 56.9. The maximum atomic E-state index is 13.1. The summed E-state index contributed by atoms with van der Waals surface area (Å²) in [6, 6.07) is -0.821. The van der Waals surface area contributed by atoms with Gasteiger partial charge < -0.3 is 65.1 Å². The molecule has 2 rings (SSSR count). The second-order valence-electron chi connectivity index (χ2n) is 17.9. The first-order valence-corrected chi connectivity index (χ1v) is 24.9. The molecule has 2 aliphatic heterocycles. The third-order valence-corrected chi connectivity index (χ3v) is 12.5. The molecule has 2 heterocycles. The molecule has 12 atom stereocenters. The highest BCUT2D eigenvalue weighted by molar-refractivity contribution is 5.76. The number of hydrogen-bond donors (Lipinski definition) is 9. The van der Waals surface area contributed by atoms with Gasteiger partial charge in [-0.25, -0.2) is 0 Å². The maximum Gasteiger partial charge on any atom is 0.220 e. The van der Waals surface area contributed by atoms with Crippen molar-refractivity contribution >= 4 is 5.91 Å². The van der Waals surface area contributed by atoms with E-state index in [-0.39, 0.29) is 12.5 Å². The molecule has 2 saturated heterocycles. The number of aliphatic hydroxyl groups is 8. The van der Waals surface area contributed by atoms with Crippen molar-refractivity contribution in [1.82, 2.24) is 5.32 Å². The van der Waals surface area contributed by atoms with Crippen LogP contribution in [0.25, 0.3) is 0 Å². The predicted molar refractivity (Wildman–Crippen MR) is 240 cm³/mol. The number of allylic oxidation sites excluding steroid dienone is 2. The monoisotopic (exact) mass is 890 g/mol. The molecule has 9 N–H and O–H groups in total. The van der Waals surface area contributed by atoms with E-state index in [1.807, 2.05) is 0 Å². The van der Waals surface area contributed by atoms with E-state index in [0.29, 0.717) is 12.8 Å². The van der Waals surface area contributed by atoms with E-state index in [2.05, 4.69) is 31.3 Å². The number of rotatable bonds is 38.